The van der Waals surface area contributed by atoms with Crippen LogP contribution in [0.3, 0.4) is 0 Å². The van der Waals surface area contributed by atoms with Gasteiger partial charge in [0.25, 0.3) is 0 Å². The largest absolute Gasteiger partial charge is 0.356 e. The number of hydrogen-bond donors (Lipinski definition) is 2. The molecule has 0 amide bonds. The van der Waals surface area contributed by atoms with Gasteiger partial charge in [0.05, 0.1) is 0 Å². The summed E-state index contributed by atoms with van der Waals surface area (Å²) >= 11 is 1.79. The van der Waals surface area contributed by atoms with Crippen LogP contribution in [0.15, 0.2) is 40.8 Å². The van der Waals surface area contributed by atoms with Gasteiger partial charge >= 0.3 is 0 Å². The van der Waals surface area contributed by atoms with Crippen molar-refractivity contribution in [3.8, 4) is 0 Å². The van der Waals surface area contributed by atoms with Gasteiger partial charge in [0.2, 0.25) is 0 Å². The minimum absolute atomic E-state index is 0. The van der Waals surface area contributed by atoms with Gasteiger partial charge in [-0.25, -0.2) is 4.98 Å². The van der Waals surface area contributed by atoms with Gasteiger partial charge in [-0.15, -0.1) is 35.3 Å². The molecule has 3 heterocycles. The Morgan fingerprint density at radius 1 is 1.19 bits per heavy atom. The Balaban J connectivity index is 0.00000261. The predicted molar refractivity (Wildman–Crippen MR) is 126 cm³/mol. The van der Waals surface area contributed by atoms with E-state index in [1.165, 1.54) is 10.4 Å². The average molecular weight is 500 g/mol. The molecule has 2 aromatic rings. The van der Waals surface area contributed by atoms with Crippen molar-refractivity contribution < 1.29 is 0 Å². The zero-order valence-corrected chi connectivity index (χ0v) is 19.2. The third kappa shape index (κ3) is 6.62. The van der Waals surface area contributed by atoms with E-state index in [0.29, 0.717) is 6.54 Å². The molecule has 0 saturated carbocycles. The molecule has 1 fully saturated rings. The second-order valence-electron chi connectivity index (χ2n) is 6.46. The first-order chi connectivity index (χ1) is 12.8. The Morgan fingerprint density at radius 2 is 2.00 bits per heavy atom. The molecule has 0 radical (unpaired) electrons. The molecule has 0 unspecified atom stereocenters. The van der Waals surface area contributed by atoms with E-state index in [1.807, 2.05) is 19.3 Å². The molecule has 0 bridgehead atoms. The quantitative estimate of drug-likeness (QED) is 0.363. The number of rotatable bonds is 6. The van der Waals surface area contributed by atoms with Crippen molar-refractivity contribution in [1.29, 1.82) is 0 Å². The fourth-order valence-corrected chi connectivity index (χ4v) is 3.74. The lowest BCUT2D eigenvalue weighted by Crippen LogP contribution is -2.45. The molecule has 3 rings (SSSR count). The Morgan fingerprint density at radius 3 is 2.70 bits per heavy atom. The minimum Gasteiger partial charge on any atom is -0.356 e. The van der Waals surface area contributed by atoms with Crippen molar-refractivity contribution in [1.82, 2.24) is 20.5 Å². The van der Waals surface area contributed by atoms with Gasteiger partial charge in [-0.2, -0.15) is 0 Å². The number of guanidine groups is 1. The first-order valence-corrected chi connectivity index (χ1v) is 9.98. The van der Waals surface area contributed by atoms with Crippen molar-refractivity contribution in [3.05, 3.63) is 46.3 Å². The number of aromatic nitrogens is 1. The number of nitrogens with zero attached hydrogens (tertiary/aromatic N) is 4. The molecule has 0 spiro atoms. The molecule has 6 nitrogen and oxygen atoms in total. The van der Waals surface area contributed by atoms with Crippen LogP contribution in [-0.2, 0) is 13.0 Å². The van der Waals surface area contributed by atoms with Crippen LogP contribution in [0, 0.1) is 0 Å². The number of piperazine rings is 1. The molecule has 27 heavy (non-hydrogen) atoms. The van der Waals surface area contributed by atoms with Gasteiger partial charge < -0.3 is 20.4 Å². The number of anilines is 1. The molecule has 1 saturated heterocycles. The molecular weight excluding hydrogens is 471 g/mol. The molecule has 0 aliphatic carbocycles. The van der Waals surface area contributed by atoms with Crippen LogP contribution in [0.1, 0.15) is 10.4 Å². The van der Waals surface area contributed by atoms with Crippen LogP contribution in [-0.4, -0.2) is 62.7 Å². The lowest BCUT2D eigenvalue weighted by atomic mass is 10.2. The summed E-state index contributed by atoms with van der Waals surface area (Å²) in [4.78, 5) is 15.1. The fraction of sp³-hybridized carbons (Fsp3) is 0.474. The summed E-state index contributed by atoms with van der Waals surface area (Å²) in [7, 11) is 3.98. The maximum Gasteiger partial charge on any atom is 0.191 e. The minimum atomic E-state index is 0. The molecule has 0 aromatic carbocycles. The first kappa shape index (κ1) is 21.9. The number of hydrogen-bond acceptors (Lipinski definition) is 5. The van der Waals surface area contributed by atoms with Gasteiger partial charge in [0.1, 0.15) is 5.82 Å². The maximum atomic E-state index is 4.64. The summed E-state index contributed by atoms with van der Waals surface area (Å²) in [6.45, 7) is 5.79. The van der Waals surface area contributed by atoms with Crippen LogP contribution >= 0.6 is 35.3 Å². The fourth-order valence-electron chi connectivity index (χ4n) is 3.03. The van der Waals surface area contributed by atoms with E-state index in [-0.39, 0.29) is 24.0 Å². The maximum absolute atomic E-state index is 4.64. The smallest absolute Gasteiger partial charge is 0.191 e. The van der Waals surface area contributed by atoms with Crippen molar-refractivity contribution in [2.45, 2.75) is 13.0 Å². The van der Waals surface area contributed by atoms with Gasteiger partial charge in [-0.1, -0.05) is 12.1 Å². The molecule has 2 N–H and O–H groups in total. The third-order valence-corrected chi connectivity index (χ3v) is 5.52. The number of thiophene rings is 1. The highest BCUT2D eigenvalue weighted by Gasteiger charge is 2.17. The highest BCUT2D eigenvalue weighted by atomic mass is 127. The topological polar surface area (TPSA) is 55.8 Å². The molecule has 8 heteroatoms. The van der Waals surface area contributed by atoms with Crippen molar-refractivity contribution >= 4 is 47.1 Å². The summed E-state index contributed by atoms with van der Waals surface area (Å²) in [6.07, 6.45) is 2.89. The Kier molecular flexibility index (Phi) is 9.29. The van der Waals surface area contributed by atoms with Crippen LogP contribution < -0.4 is 15.5 Å². The summed E-state index contributed by atoms with van der Waals surface area (Å²) in [5.74, 6) is 1.91. The molecule has 0 atom stereocenters. The summed E-state index contributed by atoms with van der Waals surface area (Å²) in [6, 6.07) is 8.41. The predicted octanol–water partition coefficient (Wildman–Crippen LogP) is 2.42. The van der Waals surface area contributed by atoms with Gasteiger partial charge in [0, 0.05) is 63.0 Å². The number of aliphatic imine (C=N–C) groups is 1. The van der Waals surface area contributed by atoms with E-state index in [1.54, 1.807) is 11.3 Å². The monoisotopic (exact) mass is 500 g/mol. The number of halogens is 1. The molecule has 148 valence electrons. The first-order valence-electron chi connectivity index (χ1n) is 9.10. The normalized spacial score (nSPS) is 15.3. The van der Waals surface area contributed by atoms with Crippen LogP contribution in [0.5, 0.6) is 0 Å². The van der Waals surface area contributed by atoms with Crippen molar-refractivity contribution in [2.75, 3.05) is 51.7 Å². The van der Waals surface area contributed by atoms with Gasteiger partial charge in [-0.05, 0) is 31.0 Å². The number of likely N-dealkylation sites (N-methyl/N-ethyl adjacent to an activating group) is 1. The van der Waals surface area contributed by atoms with E-state index in [4.69, 9.17) is 0 Å². The SMILES string of the molecule is CN=C(NCCc1cccs1)NCc1cccnc1N1CCN(C)CC1.I. The van der Waals surface area contributed by atoms with E-state index in [2.05, 4.69) is 61.0 Å². The van der Waals surface area contributed by atoms with Crippen LogP contribution in [0.2, 0.25) is 0 Å². The highest BCUT2D eigenvalue weighted by Crippen LogP contribution is 2.18. The molecule has 1 aliphatic rings. The number of pyridine rings is 1. The van der Waals surface area contributed by atoms with E-state index in [9.17, 15) is 0 Å². The van der Waals surface area contributed by atoms with Crippen LogP contribution in [0.25, 0.3) is 0 Å². The average Bonchev–Trinajstić information content (AvgIpc) is 3.19. The van der Waals surface area contributed by atoms with E-state index in [0.717, 1.165) is 50.9 Å². The van der Waals surface area contributed by atoms with Crippen molar-refractivity contribution in [3.63, 3.8) is 0 Å². The lowest BCUT2D eigenvalue weighted by molar-refractivity contribution is 0.312. The zero-order chi connectivity index (χ0) is 18.2. The second-order valence-corrected chi connectivity index (χ2v) is 7.49. The number of nitrogens with one attached hydrogen (secondary N) is 2. The summed E-state index contributed by atoms with van der Waals surface area (Å²) in [5, 5.41) is 8.92. The Bertz CT molecular complexity index is 698. The zero-order valence-electron chi connectivity index (χ0n) is 16.0. The summed E-state index contributed by atoms with van der Waals surface area (Å²) in [5.41, 5.74) is 1.21. The second kappa shape index (κ2) is 11.5. The lowest BCUT2D eigenvalue weighted by Gasteiger charge is -2.34. The highest BCUT2D eigenvalue weighted by molar-refractivity contribution is 14.0. The Hall–Kier alpha value is -1.39. The molecule has 1 aliphatic heterocycles. The van der Waals surface area contributed by atoms with Crippen LogP contribution in [0.4, 0.5) is 5.82 Å². The molecule has 2 aromatic heterocycles. The van der Waals surface area contributed by atoms with E-state index >= 15 is 0 Å². The van der Waals surface area contributed by atoms with E-state index < -0.39 is 0 Å². The van der Waals surface area contributed by atoms with Crippen molar-refractivity contribution in [2.24, 2.45) is 4.99 Å². The van der Waals surface area contributed by atoms with Gasteiger partial charge in [0.15, 0.2) is 5.96 Å². The molecular formula is C19H29IN6S. The summed E-state index contributed by atoms with van der Waals surface area (Å²) < 4.78 is 0. The third-order valence-electron chi connectivity index (χ3n) is 4.58. The Labute approximate surface area is 183 Å². The van der Waals surface area contributed by atoms with Gasteiger partial charge in [-0.3, -0.25) is 4.99 Å². The standard InChI is InChI=1S/C19H28N6S.HI/c1-20-19(22-9-7-17-6-4-14-26-17)23-15-16-5-3-8-21-18(16)25-12-10-24(2)11-13-25;/h3-6,8,14H,7,9-13,15H2,1-2H3,(H2,20,22,23);1H.